The predicted octanol–water partition coefficient (Wildman–Crippen LogP) is 1.85. The van der Waals surface area contributed by atoms with E-state index in [1.807, 2.05) is 26.5 Å². The van der Waals surface area contributed by atoms with Gasteiger partial charge in [0.25, 0.3) is 0 Å². The minimum Gasteiger partial charge on any atom is -0.397 e. The second-order valence-electron chi connectivity index (χ2n) is 2.49. The van der Waals surface area contributed by atoms with Gasteiger partial charge < -0.3 is 8.85 Å². The van der Waals surface area contributed by atoms with Gasteiger partial charge in [0.1, 0.15) is 0 Å². The molecule has 0 aliphatic rings. The molecule has 0 spiro atoms. The van der Waals surface area contributed by atoms with Crippen molar-refractivity contribution < 1.29 is 8.85 Å². The fourth-order valence-corrected chi connectivity index (χ4v) is 2.20. The highest BCUT2D eigenvalue weighted by Gasteiger charge is 2.08. The van der Waals surface area contributed by atoms with Crippen LogP contribution in [-0.4, -0.2) is 22.0 Å². The first kappa shape index (κ1) is 10.9. The third-order valence-corrected chi connectivity index (χ3v) is 2.97. The number of rotatable bonds is 6. The average Bonchev–Trinajstić information content (AvgIpc) is 1.87. The largest absolute Gasteiger partial charge is 0.397 e. The zero-order chi connectivity index (χ0) is 8.69. The van der Waals surface area contributed by atoms with Crippen LogP contribution in [0.5, 0.6) is 0 Å². The van der Waals surface area contributed by atoms with E-state index in [0.29, 0.717) is 0 Å². The smallest absolute Gasteiger partial charge is 0.318 e. The molecule has 3 heteroatoms. The van der Waals surface area contributed by atoms with Gasteiger partial charge in [-0.05, 0) is 26.8 Å². The Morgan fingerprint density at radius 1 is 1.64 bits per heavy atom. The van der Waals surface area contributed by atoms with Crippen molar-refractivity contribution in [3.63, 3.8) is 0 Å². The summed E-state index contributed by atoms with van der Waals surface area (Å²) in [5.41, 5.74) is 0. The van der Waals surface area contributed by atoms with Crippen LogP contribution in [0, 0.1) is 0 Å². The summed E-state index contributed by atoms with van der Waals surface area (Å²) < 4.78 is 10.9. The molecule has 2 atom stereocenters. The zero-order valence-electron chi connectivity index (χ0n) is 7.67. The maximum Gasteiger partial charge on any atom is 0.318 e. The van der Waals surface area contributed by atoms with Crippen molar-refractivity contribution >= 4 is 9.28 Å². The van der Waals surface area contributed by atoms with Crippen molar-refractivity contribution in [3.8, 4) is 0 Å². The average molecular weight is 174 g/mol. The summed E-state index contributed by atoms with van der Waals surface area (Å²) in [6.45, 7) is 10.5. The van der Waals surface area contributed by atoms with Gasteiger partial charge in [-0.3, -0.25) is 0 Å². The summed E-state index contributed by atoms with van der Waals surface area (Å²) in [6.07, 6.45) is 3.04. The van der Waals surface area contributed by atoms with Crippen molar-refractivity contribution in [1.29, 1.82) is 0 Å². The first-order valence-corrected chi connectivity index (χ1v) is 6.18. The molecule has 0 fully saturated rings. The number of hydrogen-bond donors (Lipinski definition) is 0. The molecule has 0 radical (unpaired) electrons. The molecule has 0 heterocycles. The van der Waals surface area contributed by atoms with Gasteiger partial charge in [0, 0.05) is 12.7 Å². The van der Waals surface area contributed by atoms with Gasteiger partial charge in [-0.1, -0.05) is 6.08 Å². The topological polar surface area (TPSA) is 18.5 Å². The molecule has 2 unspecified atom stereocenters. The highest BCUT2D eigenvalue weighted by atomic mass is 28.3. The van der Waals surface area contributed by atoms with E-state index in [9.17, 15) is 0 Å². The highest BCUT2D eigenvalue weighted by molar-refractivity contribution is 6.42. The Balaban J connectivity index is 3.39. The van der Waals surface area contributed by atoms with E-state index in [2.05, 4.69) is 6.58 Å². The molecule has 2 nitrogen and oxygen atoms in total. The molecule has 0 saturated heterocycles. The van der Waals surface area contributed by atoms with Crippen LogP contribution in [-0.2, 0) is 8.85 Å². The van der Waals surface area contributed by atoms with Crippen molar-refractivity contribution in [2.75, 3.05) is 6.61 Å². The molecule has 11 heavy (non-hydrogen) atoms. The molecule has 0 amide bonds. The first-order chi connectivity index (χ1) is 5.20. The molecule has 0 aliphatic carbocycles. The zero-order valence-corrected chi connectivity index (χ0v) is 8.82. The van der Waals surface area contributed by atoms with Crippen LogP contribution in [0.2, 0.25) is 6.55 Å². The van der Waals surface area contributed by atoms with Crippen LogP contribution in [0.3, 0.4) is 0 Å². The predicted molar refractivity (Wildman–Crippen MR) is 50.0 cm³/mol. The monoisotopic (exact) mass is 174 g/mol. The minimum atomic E-state index is -1.34. The van der Waals surface area contributed by atoms with Crippen LogP contribution in [0.4, 0.5) is 0 Å². The van der Waals surface area contributed by atoms with E-state index in [1.165, 1.54) is 0 Å². The first-order valence-electron chi connectivity index (χ1n) is 4.08. The Labute approximate surface area is 71.1 Å². The standard InChI is InChI=1S/C8H18O2Si/c1-5-7-8(3)10-11(4)9-6-2/h5,8,11H,1,6-7H2,2-4H3. The molecule has 0 aromatic heterocycles. The SMILES string of the molecule is C=CCC(C)O[SiH](C)OCC. The molecule has 0 rings (SSSR count). The molecular formula is C8H18O2Si. The fourth-order valence-electron chi connectivity index (χ4n) is 0.891. The summed E-state index contributed by atoms with van der Waals surface area (Å²) >= 11 is 0. The van der Waals surface area contributed by atoms with Gasteiger partial charge in [0.2, 0.25) is 0 Å². The molecule has 66 valence electrons. The highest BCUT2D eigenvalue weighted by Crippen LogP contribution is 2.00. The Morgan fingerprint density at radius 2 is 2.27 bits per heavy atom. The Bertz CT molecular complexity index is 106. The van der Waals surface area contributed by atoms with Crippen LogP contribution in [0.25, 0.3) is 0 Å². The molecule has 0 aromatic rings. The van der Waals surface area contributed by atoms with Crippen molar-refractivity contribution in [1.82, 2.24) is 0 Å². The van der Waals surface area contributed by atoms with E-state index in [0.717, 1.165) is 13.0 Å². The van der Waals surface area contributed by atoms with Crippen molar-refractivity contribution in [3.05, 3.63) is 12.7 Å². The Morgan fingerprint density at radius 3 is 2.73 bits per heavy atom. The Hall–Kier alpha value is -0.123. The Kier molecular flexibility index (Phi) is 6.50. The lowest BCUT2D eigenvalue weighted by molar-refractivity contribution is 0.157. The lowest BCUT2D eigenvalue weighted by Gasteiger charge is -2.16. The summed E-state index contributed by atoms with van der Waals surface area (Å²) in [5.74, 6) is 0. The maximum absolute atomic E-state index is 5.58. The molecular weight excluding hydrogens is 156 g/mol. The van der Waals surface area contributed by atoms with Gasteiger partial charge in [0.05, 0.1) is 0 Å². The summed E-state index contributed by atoms with van der Waals surface area (Å²) in [5, 5.41) is 0. The summed E-state index contributed by atoms with van der Waals surface area (Å²) in [7, 11) is -1.34. The fraction of sp³-hybridized carbons (Fsp3) is 0.750. The lowest BCUT2D eigenvalue weighted by Crippen LogP contribution is -2.23. The van der Waals surface area contributed by atoms with Crippen LogP contribution >= 0.6 is 0 Å². The number of hydrogen-bond acceptors (Lipinski definition) is 2. The molecule has 0 aliphatic heterocycles. The van der Waals surface area contributed by atoms with E-state index in [-0.39, 0.29) is 6.10 Å². The lowest BCUT2D eigenvalue weighted by atomic mass is 10.3. The van der Waals surface area contributed by atoms with E-state index in [1.54, 1.807) is 0 Å². The minimum absolute atomic E-state index is 0.265. The maximum atomic E-state index is 5.58. The van der Waals surface area contributed by atoms with E-state index in [4.69, 9.17) is 8.85 Å². The van der Waals surface area contributed by atoms with Crippen LogP contribution in [0.15, 0.2) is 12.7 Å². The third-order valence-electron chi connectivity index (χ3n) is 1.32. The molecule has 0 aromatic carbocycles. The normalized spacial score (nSPS) is 15.9. The third kappa shape index (κ3) is 6.28. The molecule has 0 saturated carbocycles. The van der Waals surface area contributed by atoms with Gasteiger partial charge in [-0.15, -0.1) is 6.58 Å². The summed E-state index contributed by atoms with van der Waals surface area (Å²) in [4.78, 5) is 0. The molecule has 0 N–H and O–H groups in total. The van der Waals surface area contributed by atoms with Crippen molar-refractivity contribution in [2.24, 2.45) is 0 Å². The van der Waals surface area contributed by atoms with Crippen molar-refractivity contribution in [2.45, 2.75) is 32.9 Å². The quantitative estimate of drug-likeness (QED) is 0.452. The van der Waals surface area contributed by atoms with Gasteiger partial charge in [0.15, 0.2) is 0 Å². The van der Waals surface area contributed by atoms with Crippen LogP contribution in [0.1, 0.15) is 20.3 Å². The second kappa shape index (κ2) is 6.58. The summed E-state index contributed by atoms with van der Waals surface area (Å²) in [6, 6.07) is 0. The van der Waals surface area contributed by atoms with Crippen LogP contribution < -0.4 is 0 Å². The van der Waals surface area contributed by atoms with Gasteiger partial charge in [-0.25, -0.2) is 0 Å². The van der Waals surface area contributed by atoms with Gasteiger partial charge in [-0.2, -0.15) is 0 Å². The van der Waals surface area contributed by atoms with E-state index >= 15 is 0 Å². The van der Waals surface area contributed by atoms with E-state index < -0.39 is 9.28 Å². The second-order valence-corrected chi connectivity index (χ2v) is 4.23. The van der Waals surface area contributed by atoms with Gasteiger partial charge >= 0.3 is 9.28 Å². The molecule has 0 bridgehead atoms.